The lowest BCUT2D eigenvalue weighted by atomic mass is 9.83. The van der Waals surface area contributed by atoms with Crippen molar-refractivity contribution in [3.8, 4) is 0 Å². The highest BCUT2D eigenvalue weighted by Crippen LogP contribution is 2.36. The average Bonchev–Trinajstić information content (AvgIpc) is 2.48. The van der Waals surface area contributed by atoms with Gasteiger partial charge in [0.15, 0.2) is 0 Å². The number of carbonyl (C=O) groups is 1. The zero-order valence-electron chi connectivity index (χ0n) is 12.0. The van der Waals surface area contributed by atoms with Gasteiger partial charge in [-0.05, 0) is 39.8 Å². The summed E-state index contributed by atoms with van der Waals surface area (Å²) in [4.78, 5) is 15.5. The molecule has 1 aromatic rings. The quantitative estimate of drug-likeness (QED) is 0.817. The molecule has 0 saturated carbocycles. The maximum Gasteiger partial charge on any atom is 0.516 e. The topological polar surface area (TPSA) is 60.5 Å². The third kappa shape index (κ3) is 2.64. The van der Waals surface area contributed by atoms with Crippen LogP contribution < -0.4 is 10.9 Å². The number of nitrogens with zero attached hydrogens (tertiary/aromatic N) is 1. The normalized spacial score (nSPS) is 20.4. The third-order valence-electron chi connectivity index (χ3n) is 3.63. The van der Waals surface area contributed by atoms with Gasteiger partial charge in [-0.2, -0.15) is 0 Å². The van der Waals surface area contributed by atoms with Crippen molar-refractivity contribution < 1.29 is 14.1 Å². The number of nitrogens with one attached hydrogen (secondary N) is 1. The van der Waals surface area contributed by atoms with Crippen LogP contribution in [0.25, 0.3) is 0 Å². The summed E-state index contributed by atoms with van der Waals surface area (Å²) in [6.45, 7) is 9.38. The summed E-state index contributed by atoms with van der Waals surface area (Å²) in [5.74, 6) is -0.147. The van der Waals surface area contributed by atoms with Gasteiger partial charge in [0.1, 0.15) is 0 Å². The van der Waals surface area contributed by atoms with Crippen LogP contribution in [0.1, 0.15) is 34.6 Å². The smallest absolute Gasteiger partial charge is 0.398 e. The van der Waals surface area contributed by atoms with Crippen LogP contribution in [0.4, 0.5) is 5.69 Å². The van der Waals surface area contributed by atoms with Crippen molar-refractivity contribution in [3.05, 3.63) is 18.3 Å². The zero-order chi connectivity index (χ0) is 14.3. The highest BCUT2D eigenvalue weighted by atomic mass is 16.7. The second-order valence-corrected chi connectivity index (χ2v) is 5.71. The third-order valence-corrected chi connectivity index (χ3v) is 3.63. The zero-order valence-corrected chi connectivity index (χ0v) is 12.0. The summed E-state index contributed by atoms with van der Waals surface area (Å²) in [6, 6.07) is 3.55. The first-order valence-electron chi connectivity index (χ1n) is 6.31. The molecule has 6 heteroatoms. The van der Waals surface area contributed by atoms with E-state index in [0.29, 0.717) is 11.3 Å². The Balaban J connectivity index is 2.32. The predicted molar refractivity (Wildman–Crippen MR) is 74.3 cm³/mol. The van der Waals surface area contributed by atoms with Crippen LogP contribution in [0.15, 0.2) is 18.3 Å². The molecule has 0 unspecified atom stereocenters. The molecule has 1 amide bonds. The van der Waals surface area contributed by atoms with Gasteiger partial charge >= 0.3 is 7.12 Å². The van der Waals surface area contributed by atoms with Gasteiger partial charge in [0.25, 0.3) is 0 Å². The molecule has 1 aliphatic heterocycles. The molecule has 2 heterocycles. The number of aromatic nitrogens is 1. The van der Waals surface area contributed by atoms with Crippen molar-refractivity contribution in [2.45, 2.75) is 45.8 Å². The summed E-state index contributed by atoms with van der Waals surface area (Å²) in [5.41, 5.74) is 0.357. The Morgan fingerprint density at radius 2 is 1.84 bits per heavy atom. The van der Waals surface area contributed by atoms with E-state index in [1.807, 2.05) is 27.7 Å². The van der Waals surface area contributed by atoms with Crippen molar-refractivity contribution in [1.82, 2.24) is 4.98 Å². The standard InChI is InChI=1S/C13H19BN2O3/c1-9(17)16-10-7-6-8-15-11(10)14-18-12(2,3)13(4,5)19-14/h6-8H,1-5H3,(H,16,17). The molecule has 2 rings (SSSR count). The van der Waals surface area contributed by atoms with E-state index >= 15 is 0 Å². The Labute approximate surface area is 113 Å². The van der Waals surface area contributed by atoms with E-state index in [0.717, 1.165) is 0 Å². The predicted octanol–water partition coefficient (Wildman–Crippen LogP) is 1.34. The van der Waals surface area contributed by atoms with Gasteiger partial charge < -0.3 is 14.6 Å². The molecule has 0 radical (unpaired) electrons. The Morgan fingerprint density at radius 1 is 1.26 bits per heavy atom. The van der Waals surface area contributed by atoms with E-state index in [1.54, 1.807) is 18.3 Å². The van der Waals surface area contributed by atoms with Gasteiger partial charge in [0.2, 0.25) is 5.91 Å². The molecule has 0 spiro atoms. The molecule has 1 aliphatic rings. The minimum absolute atomic E-state index is 0.147. The summed E-state index contributed by atoms with van der Waals surface area (Å²) in [7, 11) is -0.576. The van der Waals surface area contributed by atoms with E-state index in [-0.39, 0.29) is 5.91 Å². The number of carbonyl (C=O) groups excluding carboxylic acids is 1. The SMILES string of the molecule is CC(=O)Nc1cccnc1B1OC(C)(C)C(C)(C)O1. The number of pyridine rings is 1. The molecular weight excluding hydrogens is 243 g/mol. The fraction of sp³-hybridized carbons (Fsp3) is 0.538. The van der Waals surface area contributed by atoms with Crippen LogP contribution in [-0.2, 0) is 14.1 Å². The van der Waals surface area contributed by atoms with E-state index < -0.39 is 18.3 Å². The van der Waals surface area contributed by atoms with Gasteiger partial charge in [-0.3, -0.25) is 9.78 Å². The highest BCUT2D eigenvalue weighted by molar-refractivity contribution is 6.63. The first-order chi connectivity index (χ1) is 8.73. The molecule has 0 bridgehead atoms. The maximum atomic E-state index is 11.2. The Morgan fingerprint density at radius 3 is 2.37 bits per heavy atom. The van der Waals surface area contributed by atoms with Gasteiger partial charge in [-0.1, -0.05) is 0 Å². The maximum absolute atomic E-state index is 11.2. The van der Waals surface area contributed by atoms with Crippen molar-refractivity contribution >= 4 is 24.3 Å². The highest BCUT2D eigenvalue weighted by Gasteiger charge is 2.53. The number of rotatable bonds is 2. The van der Waals surface area contributed by atoms with Crippen LogP contribution in [0.3, 0.4) is 0 Å². The van der Waals surface area contributed by atoms with Crippen LogP contribution >= 0.6 is 0 Å². The molecule has 1 aromatic heterocycles. The molecular formula is C13H19BN2O3. The lowest BCUT2D eigenvalue weighted by Gasteiger charge is -2.32. The largest absolute Gasteiger partial charge is 0.516 e. The van der Waals surface area contributed by atoms with Crippen LogP contribution in [0, 0.1) is 0 Å². The van der Waals surface area contributed by atoms with Gasteiger partial charge in [0, 0.05) is 13.1 Å². The van der Waals surface area contributed by atoms with Gasteiger partial charge in [0.05, 0.1) is 22.5 Å². The Kier molecular flexibility index (Phi) is 3.41. The van der Waals surface area contributed by atoms with Crippen LogP contribution in [-0.4, -0.2) is 29.2 Å². The molecule has 1 N–H and O–H groups in total. The van der Waals surface area contributed by atoms with Crippen molar-refractivity contribution in [3.63, 3.8) is 0 Å². The van der Waals surface area contributed by atoms with Crippen LogP contribution in [0.5, 0.6) is 0 Å². The van der Waals surface area contributed by atoms with Gasteiger partial charge in [-0.25, -0.2) is 0 Å². The van der Waals surface area contributed by atoms with Crippen LogP contribution in [0.2, 0.25) is 0 Å². The molecule has 0 atom stereocenters. The fourth-order valence-corrected chi connectivity index (χ4v) is 1.86. The van der Waals surface area contributed by atoms with E-state index in [9.17, 15) is 4.79 Å². The summed E-state index contributed by atoms with van der Waals surface area (Å²) in [5, 5.41) is 2.74. The monoisotopic (exact) mass is 262 g/mol. The average molecular weight is 262 g/mol. The summed E-state index contributed by atoms with van der Waals surface area (Å²) in [6.07, 6.45) is 1.66. The number of anilines is 1. The fourth-order valence-electron chi connectivity index (χ4n) is 1.86. The molecule has 0 aliphatic carbocycles. The van der Waals surface area contributed by atoms with E-state index in [2.05, 4.69) is 10.3 Å². The molecule has 1 fully saturated rings. The first-order valence-corrected chi connectivity index (χ1v) is 6.31. The first kappa shape index (κ1) is 14.0. The lowest BCUT2D eigenvalue weighted by molar-refractivity contribution is -0.114. The summed E-state index contributed by atoms with van der Waals surface area (Å²) >= 11 is 0. The summed E-state index contributed by atoms with van der Waals surface area (Å²) < 4.78 is 11.9. The molecule has 19 heavy (non-hydrogen) atoms. The molecule has 102 valence electrons. The minimum atomic E-state index is -0.576. The van der Waals surface area contributed by atoms with E-state index in [4.69, 9.17) is 9.31 Å². The minimum Gasteiger partial charge on any atom is -0.398 e. The lowest BCUT2D eigenvalue weighted by Crippen LogP contribution is -2.41. The van der Waals surface area contributed by atoms with Gasteiger partial charge in [-0.15, -0.1) is 0 Å². The Bertz CT molecular complexity index is 486. The van der Waals surface area contributed by atoms with Crippen molar-refractivity contribution in [2.75, 3.05) is 5.32 Å². The molecule has 1 saturated heterocycles. The number of hydrogen-bond donors (Lipinski definition) is 1. The molecule has 5 nitrogen and oxygen atoms in total. The second-order valence-electron chi connectivity index (χ2n) is 5.71. The second kappa shape index (κ2) is 4.61. The van der Waals surface area contributed by atoms with Crippen molar-refractivity contribution in [2.24, 2.45) is 0 Å². The number of amides is 1. The number of hydrogen-bond acceptors (Lipinski definition) is 4. The van der Waals surface area contributed by atoms with E-state index in [1.165, 1.54) is 6.92 Å². The van der Waals surface area contributed by atoms with Crippen molar-refractivity contribution in [1.29, 1.82) is 0 Å². The Hall–Kier alpha value is -1.40. The molecule has 0 aromatic carbocycles.